The van der Waals surface area contributed by atoms with Crippen molar-refractivity contribution >= 4 is 5.91 Å². The van der Waals surface area contributed by atoms with Crippen LogP contribution in [-0.2, 0) is 10.2 Å². The van der Waals surface area contributed by atoms with Gasteiger partial charge in [0, 0.05) is 18.4 Å². The van der Waals surface area contributed by atoms with E-state index in [1.807, 2.05) is 26.0 Å². The molecule has 0 spiro atoms. The van der Waals surface area contributed by atoms with Crippen LogP contribution >= 0.6 is 0 Å². The minimum atomic E-state index is -0.210. The molecule has 18 heavy (non-hydrogen) atoms. The summed E-state index contributed by atoms with van der Waals surface area (Å²) in [5.41, 5.74) is 1.19. The van der Waals surface area contributed by atoms with Crippen LogP contribution in [0.25, 0.3) is 0 Å². The fourth-order valence-electron chi connectivity index (χ4n) is 2.23. The van der Waals surface area contributed by atoms with Crippen LogP contribution in [0.1, 0.15) is 38.7 Å². The summed E-state index contributed by atoms with van der Waals surface area (Å²) < 4.78 is 12.9. The Morgan fingerprint density at radius 3 is 2.44 bits per heavy atom. The number of halogens is 1. The van der Waals surface area contributed by atoms with Crippen LogP contribution in [0, 0.1) is 11.7 Å². The molecule has 1 aliphatic rings. The Balaban J connectivity index is 1.92. The van der Waals surface area contributed by atoms with Crippen molar-refractivity contribution in [1.82, 2.24) is 5.32 Å². The number of amides is 1. The Labute approximate surface area is 108 Å². The van der Waals surface area contributed by atoms with Gasteiger partial charge in [-0.05, 0) is 36.5 Å². The molecule has 2 nitrogen and oxygen atoms in total. The molecule has 1 aromatic carbocycles. The molecule has 0 saturated heterocycles. The molecule has 0 radical (unpaired) electrons. The van der Waals surface area contributed by atoms with Gasteiger partial charge in [-0.3, -0.25) is 4.79 Å². The molecular weight excluding hydrogens is 229 g/mol. The smallest absolute Gasteiger partial charge is 0.220 e. The quantitative estimate of drug-likeness (QED) is 0.854. The number of carbonyl (C=O) groups is 1. The molecule has 0 atom stereocenters. The van der Waals surface area contributed by atoms with Crippen molar-refractivity contribution in [2.75, 3.05) is 6.54 Å². The van der Waals surface area contributed by atoms with Gasteiger partial charge in [-0.2, -0.15) is 0 Å². The molecule has 0 aliphatic heterocycles. The van der Waals surface area contributed by atoms with E-state index in [1.165, 1.54) is 12.1 Å². The molecule has 1 aliphatic carbocycles. The van der Waals surface area contributed by atoms with Crippen LogP contribution in [0.4, 0.5) is 4.39 Å². The number of nitrogens with one attached hydrogen (secondary N) is 1. The van der Waals surface area contributed by atoms with E-state index in [1.54, 1.807) is 0 Å². The van der Waals surface area contributed by atoms with E-state index >= 15 is 0 Å². The lowest BCUT2D eigenvalue weighted by Crippen LogP contribution is -2.32. The van der Waals surface area contributed by atoms with Crippen molar-refractivity contribution < 1.29 is 9.18 Å². The normalized spacial score (nSPS) is 16.7. The van der Waals surface area contributed by atoms with Gasteiger partial charge in [0.15, 0.2) is 0 Å². The second-order valence-electron chi connectivity index (χ2n) is 5.66. The van der Waals surface area contributed by atoms with Gasteiger partial charge >= 0.3 is 0 Å². The molecule has 3 heteroatoms. The van der Waals surface area contributed by atoms with Crippen molar-refractivity contribution in [2.45, 2.75) is 38.5 Å². The highest BCUT2D eigenvalue weighted by Crippen LogP contribution is 2.47. The third kappa shape index (κ3) is 3.09. The van der Waals surface area contributed by atoms with E-state index in [4.69, 9.17) is 0 Å². The van der Waals surface area contributed by atoms with Gasteiger partial charge in [0.2, 0.25) is 5.91 Å². The fourth-order valence-corrected chi connectivity index (χ4v) is 2.23. The van der Waals surface area contributed by atoms with E-state index in [0.29, 0.717) is 18.9 Å². The first-order valence-electron chi connectivity index (χ1n) is 6.55. The molecule has 0 bridgehead atoms. The molecular formula is C15H20FNO. The number of rotatable bonds is 5. The third-order valence-corrected chi connectivity index (χ3v) is 3.53. The van der Waals surface area contributed by atoms with Gasteiger partial charge in [-0.15, -0.1) is 0 Å². The average Bonchev–Trinajstić information content (AvgIpc) is 3.08. The fraction of sp³-hybridized carbons (Fsp3) is 0.533. The maximum atomic E-state index is 12.9. The van der Waals surface area contributed by atoms with E-state index in [-0.39, 0.29) is 17.1 Å². The van der Waals surface area contributed by atoms with Crippen molar-refractivity contribution in [3.05, 3.63) is 35.6 Å². The van der Waals surface area contributed by atoms with E-state index in [9.17, 15) is 9.18 Å². The number of carbonyl (C=O) groups excluding carboxylic acids is 1. The van der Waals surface area contributed by atoms with Gasteiger partial charge in [0.25, 0.3) is 0 Å². The second-order valence-corrected chi connectivity index (χ2v) is 5.66. The standard InChI is InChI=1S/C15H20FNO/c1-11(2)9-14(18)17-10-15(7-8-15)12-3-5-13(16)6-4-12/h3-6,11H,7-10H2,1-2H3,(H,17,18). The average molecular weight is 249 g/mol. The molecule has 1 saturated carbocycles. The first-order chi connectivity index (χ1) is 8.52. The van der Waals surface area contributed by atoms with Gasteiger partial charge in [-0.1, -0.05) is 26.0 Å². The van der Waals surface area contributed by atoms with Crippen LogP contribution in [0.15, 0.2) is 24.3 Å². The Hall–Kier alpha value is -1.38. The summed E-state index contributed by atoms with van der Waals surface area (Å²) in [4.78, 5) is 11.6. The zero-order chi connectivity index (χ0) is 13.2. The first-order valence-corrected chi connectivity index (χ1v) is 6.55. The minimum Gasteiger partial charge on any atom is -0.355 e. The Morgan fingerprint density at radius 1 is 1.33 bits per heavy atom. The predicted molar refractivity (Wildman–Crippen MR) is 69.8 cm³/mol. The molecule has 0 heterocycles. The molecule has 1 aromatic rings. The highest BCUT2D eigenvalue weighted by molar-refractivity contribution is 5.76. The zero-order valence-electron chi connectivity index (χ0n) is 11.0. The van der Waals surface area contributed by atoms with Crippen LogP contribution < -0.4 is 5.32 Å². The van der Waals surface area contributed by atoms with Gasteiger partial charge in [0.1, 0.15) is 5.82 Å². The van der Waals surface area contributed by atoms with Gasteiger partial charge in [-0.25, -0.2) is 4.39 Å². The second kappa shape index (κ2) is 5.09. The third-order valence-electron chi connectivity index (χ3n) is 3.53. The summed E-state index contributed by atoms with van der Waals surface area (Å²) in [5, 5.41) is 3.00. The van der Waals surface area contributed by atoms with Crippen LogP contribution in [0.3, 0.4) is 0 Å². The van der Waals surface area contributed by atoms with Crippen LogP contribution in [-0.4, -0.2) is 12.5 Å². The number of benzene rings is 1. The maximum Gasteiger partial charge on any atom is 0.220 e. The number of hydrogen-bond acceptors (Lipinski definition) is 1. The topological polar surface area (TPSA) is 29.1 Å². The van der Waals surface area contributed by atoms with E-state index in [2.05, 4.69) is 5.32 Å². The SMILES string of the molecule is CC(C)CC(=O)NCC1(c2ccc(F)cc2)CC1. The lowest BCUT2D eigenvalue weighted by molar-refractivity contribution is -0.121. The summed E-state index contributed by atoms with van der Waals surface area (Å²) in [5.74, 6) is 0.280. The summed E-state index contributed by atoms with van der Waals surface area (Å²) in [6.07, 6.45) is 2.71. The number of hydrogen-bond donors (Lipinski definition) is 1. The molecule has 1 N–H and O–H groups in total. The van der Waals surface area contributed by atoms with E-state index in [0.717, 1.165) is 18.4 Å². The van der Waals surface area contributed by atoms with Gasteiger partial charge < -0.3 is 5.32 Å². The minimum absolute atomic E-state index is 0.0559. The van der Waals surface area contributed by atoms with E-state index < -0.39 is 0 Å². The molecule has 0 unspecified atom stereocenters. The molecule has 1 fully saturated rings. The summed E-state index contributed by atoms with van der Waals surface area (Å²) in [6, 6.07) is 6.64. The van der Waals surface area contributed by atoms with Crippen molar-refractivity contribution in [3.63, 3.8) is 0 Å². The largest absolute Gasteiger partial charge is 0.355 e. The Morgan fingerprint density at radius 2 is 1.94 bits per heavy atom. The maximum absolute atomic E-state index is 12.9. The zero-order valence-corrected chi connectivity index (χ0v) is 11.0. The lowest BCUT2D eigenvalue weighted by Gasteiger charge is -2.17. The van der Waals surface area contributed by atoms with Crippen LogP contribution in [0.5, 0.6) is 0 Å². The summed E-state index contributed by atoms with van der Waals surface area (Å²) in [7, 11) is 0. The molecule has 0 aromatic heterocycles. The van der Waals surface area contributed by atoms with Gasteiger partial charge in [0.05, 0.1) is 0 Å². The highest BCUT2D eigenvalue weighted by Gasteiger charge is 2.44. The first kappa shape index (κ1) is 13.1. The predicted octanol–water partition coefficient (Wildman–Crippen LogP) is 3.02. The van der Waals surface area contributed by atoms with Crippen LogP contribution in [0.2, 0.25) is 0 Å². The monoisotopic (exact) mass is 249 g/mol. The molecule has 1 amide bonds. The lowest BCUT2D eigenvalue weighted by atomic mass is 9.96. The summed E-state index contributed by atoms with van der Waals surface area (Å²) >= 11 is 0. The summed E-state index contributed by atoms with van der Waals surface area (Å²) in [6.45, 7) is 4.74. The van der Waals surface area contributed by atoms with Crippen molar-refractivity contribution in [3.8, 4) is 0 Å². The van der Waals surface area contributed by atoms with Crippen molar-refractivity contribution in [1.29, 1.82) is 0 Å². The molecule has 2 rings (SSSR count). The molecule has 98 valence electrons. The Bertz CT molecular complexity index is 421. The Kier molecular flexibility index (Phi) is 3.69. The highest BCUT2D eigenvalue weighted by atomic mass is 19.1. The van der Waals surface area contributed by atoms with Crippen molar-refractivity contribution in [2.24, 2.45) is 5.92 Å².